The van der Waals surface area contributed by atoms with Gasteiger partial charge in [-0.1, -0.05) is 23.7 Å². The Morgan fingerprint density at radius 2 is 1.58 bits per heavy atom. The first-order valence-corrected chi connectivity index (χ1v) is 6.47. The number of hydrogen-bond donors (Lipinski definition) is 0. The third kappa shape index (κ3) is 2.91. The second-order valence-electron chi connectivity index (χ2n) is 4.62. The summed E-state index contributed by atoms with van der Waals surface area (Å²) in [6, 6.07) is 7.82. The molecule has 0 N–H and O–H groups in total. The molecule has 0 radical (unpaired) electrons. The molecule has 1 fully saturated rings. The van der Waals surface area contributed by atoms with Gasteiger partial charge in [0, 0.05) is 26.2 Å². The van der Waals surface area contributed by atoms with Gasteiger partial charge in [0.1, 0.15) is 0 Å². The fourth-order valence-electron chi connectivity index (χ4n) is 2.19. The van der Waals surface area contributed by atoms with Crippen molar-refractivity contribution in [3.8, 4) is 0 Å². The first-order chi connectivity index (χ1) is 8.74. The summed E-state index contributed by atoms with van der Waals surface area (Å²) in [5.74, 6) is 0.809. The topological polar surface area (TPSA) is 32.3 Å². The van der Waals surface area contributed by atoms with Crippen LogP contribution in [-0.4, -0.2) is 48.1 Å². The van der Waals surface area contributed by atoms with E-state index in [1.165, 1.54) is 0 Å². The van der Waals surface area contributed by atoms with Crippen LogP contribution in [0.3, 0.4) is 0 Å². The molecule has 1 saturated heterocycles. The van der Waals surface area contributed by atoms with Gasteiger partial charge in [-0.25, -0.2) is 9.97 Å². The minimum atomic E-state index is 0. The number of rotatable bonds is 1. The summed E-state index contributed by atoms with van der Waals surface area (Å²) in [5.41, 5.74) is 1.75. The van der Waals surface area contributed by atoms with Gasteiger partial charge in [-0.3, -0.25) is 0 Å². The van der Waals surface area contributed by atoms with Crippen LogP contribution in [0.5, 0.6) is 0 Å². The zero-order chi connectivity index (χ0) is 12.5. The normalized spacial score (nSPS) is 16.4. The maximum absolute atomic E-state index is 6.24. The van der Waals surface area contributed by atoms with E-state index in [0.717, 1.165) is 43.0 Å². The Balaban J connectivity index is 0.00000133. The van der Waals surface area contributed by atoms with Crippen LogP contribution in [0, 0.1) is 0 Å². The van der Waals surface area contributed by atoms with E-state index in [1.807, 2.05) is 24.3 Å². The van der Waals surface area contributed by atoms with Crippen LogP contribution in [0.15, 0.2) is 24.3 Å². The lowest BCUT2D eigenvalue weighted by Crippen LogP contribution is -2.45. The SMILES string of the molecule is CN1CCN(c2nc3ccccc3nc2Cl)CC1.Cl. The molecule has 19 heavy (non-hydrogen) atoms. The van der Waals surface area contributed by atoms with Gasteiger partial charge in [0.15, 0.2) is 11.0 Å². The Hall–Kier alpha value is -1.10. The van der Waals surface area contributed by atoms with Crippen LogP contribution in [0.4, 0.5) is 5.82 Å². The van der Waals surface area contributed by atoms with Crippen LogP contribution in [0.1, 0.15) is 0 Å². The minimum absolute atomic E-state index is 0. The Morgan fingerprint density at radius 3 is 2.21 bits per heavy atom. The maximum atomic E-state index is 6.24. The van der Waals surface area contributed by atoms with Crippen molar-refractivity contribution >= 4 is 40.9 Å². The van der Waals surface area contributed by atoms with Gasteiger partial charge >= 0.3 is 0 Å². The first kappa shape index (κ1) is 14.3. The van der Waals surface area contributed by atoms with E-state index < -0.39 is 0 Å². The Bertz CT molecular complexity index is 568. The maximum Gasteiger partial charge on any atom is 0.172 e. The number of hydrogen-bond acceptors (Lipinski definition) is 4. The van der Waals surface area contributed by atoms with Crippen molar-refractivity contribution in [2.24, 2.45) is 0 Å². The summed E-state index contributed by atoms with van der Waals surface area (Å²) < 4.78 is 0. The van der Waals surface area contributed by atoms with Crippen molar-refractivity contribution in [2.75, 3.05) is 38.1 Å². The number of likely N-dealkylation sites (N-methyl/N-ethyl adjacent to an activating group) is 1. The van der Waals surface area contributed by atoms with E-state index in [9.17, 15) is 0 Å². The van der Waals surface area contributed by atoms with Crippen molar-refractivity contribution in [3.63, 3.8) is 0 Å². The molecule has 0 spiro atoms. The molecule has 6 heteroatoms. The number of para-hydroxylation sites is 2. The number of anilines is 1. The number of benzene rings is 1. The van der Waals surface area contributed by atoms with E-state index >= 15 is 0 Å². The number of aromatic nitrogens is 2. The molecule has 0 unspecified atom stereocenters. The predicted molar refractivity (Wildman–Crippen MR) is 81.5 cm³/mol. The lowest BCUT2D eigenvalue weighted by atomic mass is 10.3. The van der Waals surface area contributed by atoms with Gasteiger partial charge in [-0.2, -0.15) is 0 Å². The Labute approximate surface area is 123 Å². The average Bonchev–Trinajstić information content (AvgIpc) is 2.39. The molecule has 0 bridgehead atoms. The van der Waals surface area contributed by atoms with Crippen LogP contribution >= 0.6 is 24.0 Å². The predicted octanol–water partition coefficient (Wildman–Crippen LogP) is 2.46. The van der Waals surface area contributed by atoms with E-state index in [1.54, 1.807) is 0 Å². The van der Waals surface area contributed by atoms with E-state index in [0.29, 0.717) is 5.15 Å². The highest BCUT2D eigenvalue weighted by atomic mass is 35.5. The molecular weight excluding hydrogens is 283 g/mol. The third-order valence-electron chi connectivity index (χ3n) is 3.31. The van der Waals surface area contributed by atoms with Crippen LogP contribution < -0.4 is 4.90 Å². The van der Waals surface area contributed by atoms with Crippen molar-refractivity contribution in [3.05, 3.63) is 29.4 Å². The van der Waals surface area contributed by atoms with Gasteiger partial charge < -0.3 is 9.80 Å². The summed E-state index contributed by atoms with van der Waals surface area (Å²) in [5, 5.41) is 0.498. The van der Waals surface area contributed by atoms with Gasteiger partial charge in [-0.15, -0.1) is 12.4 Å². The van der Waals surface area contributed by atoms with Crippen LogP contribution in [0.2, 0.25) is 5.15 Å². The second kappa shape index (κ2) is 5.90. The molecule has 1 aromatic heterocycles. The smallest absolute Gasteiger partial charge is 0.172 e. The van der Waals surface area contributed by atoms with Crippen molar-refractivity contribution < 1.29 is 0 Å². The fraction of sp³-hybridized carbons (Fsp3) is 0.385. The number of piperazine rings is 1. The molecule has 3 rings (SSSR count). The molecule has 0 aliphatic carbocycles. The monoisotopic (exact) mass is 298 g/mol. The quantitative estimate of drug-likeness (QED) is 0.809. The van der Waals surface area contributed by atoms with Gasteiger partial charge in [0.2, 0.25) is 0 Å². The van der Waals surface area contributed by atoms with Crippen molar-refractivity contribution in [1.82, 2.24) is 14.9 Å². The van der Waals surface area contributed by atoms with Gasteiger partial charge in [0.25, 0.3) is 0 Å². The van der Waals surface area contributed by atoms with Crippen molar-refractivity contribution in [1.29, 1.82) is 0 Å². The molecule has 1 aliphatic rings. The summed E-state index contributed by atoms with van der Waals surface area (Å²) in [4.78, 5) is 13.6. The standard InChI is InChI=1S/C13H15ClN4.ClH/c1-17-6-8-18(9-7-17)13-12(14)15-10-4-2-3-5-11(10)16-13;/h2-5H,6-9H2,1H3;1H. The molecule has 1 aliphatic heterocycles. The summed E-state index contributed by atoms with van der Waals surface area (Å²) in [6.07, 6.45) is 0. The Morgan fingerprint density at radius 1 is 1.00 bits per heavy atom. The molecule has 2 aromatic rings. The molecular formula is C13H16Cl2N4. The van der Waals surface area contributed by atoms with E-state index in [4.69, 9.17) is 11.6 Å². The summed E-state index contributed by atoms with van der Waals surface area (Å²) >= 11 is 6.24. The molecule has 102 valence electrons. The molecule has 0 saturated carbocycles. The lowest BCUT2D eigenvalue weighted by molar-refractivity contribution is 0.312. The largest absolute Gasteiger partial charge is 0.351 e. The van der Waals surface area contributed by atoms with E-state index in [2.05, 4.69) is 26.8 Å². The third-order valence-corrected chi connectivity index (χ3v) is 3.57. The minimum Gasteiger partial charge on any atom is -0.351 e. The molecule has 2 heterocycles. The zero-order valence-corrected chi connectivity index (χ0v) is 12.3. The summed E-state index contributed by atoms with van der Waals surface area (Å²) in [7, 11) is 2.13. The Kier molecular flexibility index (Phi) is 4.45. The van der Waals surface area contributed by atoms with Gasteiger partial charge in [-0.05, 0) is 19.2 Å². The van der Waals surface area contributed by atoms with Crippen LogP contribution in [0.25, 0.3) is 11.0 Å². The fourth-order valence-corrected chi connectivity index (χ4v) is 2.44. The van der Waals surface area contributed by atoms with Crippen LogP contribution in [-0.2, 0) is 0 Å². The van der Waals surface area contributed by atoms with Gasteiger partial charge in [0.05, 0.1) is 11.0 Å². The number of fused-ring (bicyclic) bond motifs is 1. The molecule has 0 atom stereocenters. The molecule has 0 amide bonds. The highest BCUT2D eigenvalue weighted by Crippen LogP contribution is 2.25. The average molecular weight is 299 g/mol. The zero-order valence-electron chi connectivity index (χ0n) is 10.7. The van der Waals surface area contributed by atoms with E-state index in [-0.39, 0.29) is 12.4 Å². The number of halogens is 2. The lowest BCUT2D eigenvalue weighted by Gasteiger charge is -2.33. The first-order valence-electron chi connectivity index (χ1n) is 6.10. The highest BCUT2D eigenvalue weighted by molar-refractivity contribution is 6.32. The molecule has 1 aromatic carbocycles. The highest BCUT2D eigenvalue weighted by Gasteiger charge is 2.19. The van der Waals surface area contributed by atoms with Crippen molar-refractivity contribution in [2.45, 2.75) is 0 Å². The number of nitrogens with zero attached hydrogens (tertiary/aromatic N) is 4. The molecule has 4 nitrogen and oxygen atoms in total. The summed E-state index contributed by atoms with van der Waals surface area (Å²) in [6.45, 7) is 3.96. The second-order valence-corrected chi connectivity index (χ2v) is 4.98.